The average molecular weight is 381 g/mol. The summed E-state index contributed by atoms with van der Waals surface area (Å²) in [5.41, 5.74) is 0.614. The molecule has 3 aromatic rings. The first-order chi connectivity index (χ1) is 13.6. The molecule has 1 N–H and O–H groups in total. The fourth-order valence-corrected chi connectivity index (χ4v) is 2.60. The molecule has 0 atom stereocenters. The van der Waals surface area contributed by atoms with Crippen molar-refractivity contribution < 1.29 is 13.9 Å². The van der Waals surface area contributed by atoms with E-state index in [1.807, 2.05) is 30.3 Å². The Hall–Kier alpha value is -3.48. The molecule has 0 unspecified atom stereocenters. The van der Waals surface area contributed by atoms with Crippen molar-refractivity contribution in [1.29, 1.82) is 0 Å². The van der Waals surface area contributed by atoms with Crippen molar-refractivity contribution in [3.63, 3.8) is 0 Å². The second kappa shape index (κ2) is 9.45. The largest absolute Gasteiger partial charge is 0.492 e. The number of nitrogens with one attached hydrogen (secondary N) is 1. The molecule has 0 aliphatic carbocycles. The van der Waals surface area contributed by atoms with Crippen LogP contribution >= 0.6 is 0 Å². The summed E-state index contributed by atoms with van der Waals surface area (Å²) in [6, 6.07) is 18.1. The van der Waals surface area contributed by atoms with Crippen LogP contribution in [0, 0.1) is 5.82 Å². The highest BCUT2D eigenvalue weighted by molar-refractivity contribution is 5.91. The molecule has 3 rings (SSSR count). The molecule has 28 heavy (non-hydrogen) atoms. The Morgan fingerprint density at radius 1 is 1.07 bits per heavy atom. The van der Waals surface area contributed by atoms with Gasteiger partial charge in [0.2, 0.25) is 0 Å². The molecular formula is C21H20FN3O3. The number of aromatic nitrogens is 2. The molecule has 0 aliphatic rings. The summed E-state index contributed by atoms with van der Waals surface area (Å²) in [6.45, 7) is 0.805. The summed E-state index contributed by atoms with van der Waals surface area (Å²) in [7, 11) is 0. The number of ether oxygens (including phenoxy) is 1. The summed E-state index contributed by atoms with van der Waals surface area (Å²) < 4.78 is 19.9. The highest BCUT2D eigenvalue weighted by Gasteiger charge is 2.09. The summed E-state index contributed by atoms with van der Waals surface area (Å²) in [5.74, 6) is -0.00813. The maximum atomic E-state index is 13.2. The van der Waals surface area contributed by atoms with Gasteiger partial charge in [-0.15, -0.1) is 0 Å². The van der Waals surface area contributed by atoms with Crippen molar-refractivity contribution in [3.8, 4) is 5.75 Å². The molecule has 0 fully saturated rings. The van der Waals surface area contributed by atoms with E-state index < -0.39 is 5.91 Å². The van der Waals surface area contributed by atoms with E-state index in [1.165, 1.54) is 28.9 Å². The van der Waals surface area contributed by atoms with Gasteiger partial charge in [0.15, 0.2) is 0 Å². The van der Waals surface area contributed by atoms with Gasteiger partial charge in [-0.2, -0.15) is 5.10 Å². The van der Waals surface area contributed by atoms with Crippen LogP contribution in [0.15, 0.2) is 71.5 Å². The average Bonchev–Trinajstić information content (AvgIpc) is 2.70. The number of hydrogen-bond acceptors (Lipinski definition) is 4. The molecule has 144 valence electrons. The molecule has 1 heterocycles. The standard InChI is InChI=1S/C21H20FN3O3/c22-17-6-4-5-16(15-17)11-12-23-21(27)19-9-10-20(26)25(24-19)13-14-28-18-7-2-1-3-8-18/h1-10,15H,11-14H2,(H,23,27). The van der Waals surface area contributed by atoms with Crippen molar-refractivity contribution in [1.82, 2.24) is 15.1 Å². The number of carbonyl (C=O) groups excluding carboxylic acids is 1. The van der Waals surface area contributed by atoms with E-state index in [9.17, 15) is 14.0 Å². The van der Waals surface area contributed by atoms with Crippen LogP contribution in [0.25, 0.3) is 0 Å². The van der Waals surface area contributed by atoms with Crippen LogP contribution in [0.2, 0.25) is 0 Å². The minimum absolute atomic E-state index is 0.138. The van der Waals surface area contributed by atoms with E-state index in [4.69, 9.17) is 4.74 Å². The molecule has 0 spiro atoms. The summed E-state index contributed by atoms with van der Waals surface area (Å²) in [4.78, 5) is 24.2. The number of nitrogens with zero attached hydrogens (tertiary/aromatic N) is 2. The Kier molecular flexibility index (Phi) is 6.51. The van der Waals surface area contributed by atoms with E-state index in [2.05, 4.69) is 10.4 Å². The van der Waals surface area contributed by atoms with Gasteiger partial charge in [0.25, 0.3) is 11.5 Å². The highest BCUT2D eigenvalue weighted by atomic mass is 19.1. The highest BCUT2D eigenvalue weighted by Crippen LogP contribution is 2.08. The summed E-state index contributed by atoms with van der Waals surface area (Å²) >= 11 is 0. The molecular weight excluding hydrogens is 361 g/mol. The number of amides is 1. The Labute approximate surface area is 161 Å². The lowest BCUT2D eigenvalue weighted by molar-refractivity contribution is 0.0946. The zero-order valence-corrected chi connectivity index (χ0v) is 15.2. The van der Waals surface area contributed by atoms with Crippen molar-refractivity contribution >= 4 is 5.91 Å². The topological polar surface area (TPSA) is 73.2 Å². The van der Waals surface area contributed by atoms with Gasteiger partial charge in [0.05, 0.1) is 6.54 Å². The Morgan fingerprint density at radius 2 is 1.89 bits per heavy atom. The minimum Gasteiger partial charge on any atom is -0.492 e. The van der Waals surface area contributed by atoms with Gasteiger partial charge in [0, 0.05) is 12.6 Å². The third-order valence-corrected chi connectivity index (χ3v) is 4.00. The SMILES string of the molecule is O=C(NCCc1cccc(F)c1)c1ccc(=O)n(CCOc2ccccc2)n1. The Morgan fingerprint density at radius 3 is 2.68 bits per heavy atom. The van der Waals surface area contributed by atoms with Gasteiger partial charge >= 0.3 is 0 Å². The van der Waals surface area contributed by atoms with Crippen molar-refractivity contribution in [2.45, 2.75) is 13.0 Å². The van der Waals surface area contributed by atoms with Crippen molar-refractivity contribution in [3.05, 3.63) is 94.2 Å². The molecule has 1 aromatic heterocycles. The monoisotopic (exact) mass is 381 g/mol. The smallest absolute Gasteiger partial charge is 0.271 e. The van der Waals surface area contributed by atoms with Gasteiger partial charge in [0.1, 0.15) is 23.9 Å². The zero-order chi connectivity index (χ0) is 19.8. The molecule has 0 radical (unpaired) electrons. The fraction of sp³-hybridized carbons (Fsp3) is 0.190. The van der Waals surface area contributed by atoms with E-state index in [-0.39, 0.29) is 30.2 Å². The summed E-state index contributed by atoms with van der Waals surface area (Å²) in [6.07, 6.45) is 0.494. The van der Waals surface area contributed by atoms with Crippen molar-refractivity contribution in [2.75, 3.05) is 13.2 Å². The van der Waals surface area contributed by atoms with Gasteiger partial charge in [-0.1, -0.05) is 30.3 Å². The summed E-state index contributed by atoms with van der Waals surface area (Å²) in [5, 5.41) is 6.82. The molecule has 0 saturated heterocycles. The van der Waals surface area contributed by atoms with E-state index in [1.54, 1.807) is 12.1 Å². The molecule has 2 aromatic carbocycles. The lowest BCUT2D eigenvalue weighted by Gasteiger charge is -2.09. The Balaban J connectivity index is 1.54. The van der Waals surface area contributed by atoms with Gasteiger partial charge in [-0.25, -0.2) is 9.07 Å². The number of hydrogen-bond donors (Lipinski definition) is 1. The second-order valence-electron chi connectivity index (χ2n) is 6.08. The van der Waals surface area contributed by atoms with Gasteiger partial charge in [-0.3, -0.25) is 9.59 Å². The number of carbonyl (C=O) groups is 1. The molecule has 1 amide bonds. The van der Waals surface area contributed by atoms with Crippen LogP contribution in [-0.2, 0) is 13.0 Å². The molecule has 6 nitrogen and oxygen atoms in total. The fourth-order valence-electron chi connectivity index (χ4n) is 2.60. The van der Waals surface area contributed by atoms with E-state index >= 15 is 0 Å². The van der Waals surface area contributed by atoms with Crippen LogP contribution in [0.5, 0.6) is 5.75 Å². The second-order valence-corrected chi connectivity index (χ2v) is 6.08. The number of benzene rings is 2. The van der Waals surface area contributed by atoms with E-state index in [0.717, 1.165) is 5.56 Å². The number of rotatable bonds is 8. The van der Waals surface area contributed by atoms with Crippen LogP contribution in [0.4, 0.5) is 4.39 Å². The number of para-hydroxylation sites is 1. The van der Waals surface area contributed by atoms with Gasteiger partial charge < -0.3 is 10.1 Å². The van der Waals surface area contributed by atoms with Crippen LogP contribution in [-0.4, -0.2) is 28.8 Å². The predicted molar refractivity (Wildman–Crippen MR) is 103 cm³/mol. The first kappa shape index (κ1) is 19.3. The quantitative estimate of drug-likeness (QED) is 0.650. The lowest BCUT2D eigenvalue weighted by atomic mass is 10.1. The van der Waals surface area contributed by atoms with Crippen LogP contribution in [0.3, 0.4) is 0 Å². The molecule has 0 aliphatic heterocycles. The first-order valence-electron chi connectivity index (χ1n) is 8.90. The number of halogens is 1. The van der Waals surface area contributed by atoms with Crippen molar-refractivity contribution in [2.24, 2.45) is 0 Å². The maximum absolute atomic E-state index is 13.2. The third kappa shape index (κ3) is 5.51. The van der Waals surface area contributed by atoms with Crippen LogP contribution in [0.1, 0.15) is 16.1 Å². The minimum atomic E-state index is -0.394. The zero-order valence-electron chi connectivity index (χ0n) is 15.2. The lowest BCUT2D eigenvalue weighted by Crippen LogP contribution is -2.31. The predicted octanol–water partition coefficient (Wildman–Crippen LogP) is 2.43. The van der Waals surface area contributed by atoms with E-state index in [0.29, 0.717) is 18.7 Å². The Bertz CT molecular complexity index is 989. The molecule has 7 heteroatoms. The third-order valence-electron chi connectivity index (χ3n) is 4.00. The first-order valence-corrected chi connectivity index (χ1v) is 8.90. The maximum Gasteiger partial charge on any atom is 0.271 e. The van der Waals surface area contributed by atoms with Gasteiger partial charge in [-0.05, 0) is 42.3 Å². The molecule has 0 bridgehead atoms. The van der Waals surface area contributed by atoms with Crippen LogP contribution < -0.4 is 15.6 Å². The molecule has 0 saturated carbocycles. The normalized spacial score (nSPS) is 10.5.